The highest BCUT2D eigenvalue weighted by Gasteiger charge is 2.27. The van der Waals surface area contributed by atoms with E-state index in [9.17, 15) is 8.78 Å². The van der Waals surface area contributed by atoms with Crippen LogP contribution in [0.1, 0.15) is 18.2 Å². The normalized spacial score (nSPS) is 19.9. The SMILES string of the molecule is NC(c1cncn1-c1cc(F)c(Br)cc1F)C1CCOC1. The van der Waals surface area contributed by atoms with Gasteiger partial charge in [0.15, 0.2) is 0 Å². The van der Waals surface area contributed by atoms with E-state index < -0.39 is 11.6 Å². The van der Waals surface area contributed by atoms with E-state index in [1.54, 1.807) is 6.20 Å². The summed E-state index contributed by atoms with van der Waals surface area (Å²) in [5.41, 5.74) is 6.97. The molecule has 0 saturated carbocycles. The predicted molar refractivity (Wildman–Crippen MR) is 77.0 cm³/mol. The fourth-order valence-electron chi connectivity index (χ4n) is 2.53. The molecule has 2 aromatic rings. The van der Waals surface area contributed by atoms with Crippen LogP contribution in [-0.2, 0) is 4.74 Å². The topological polar surface area (TPSA) is 53.1 Å². The number of aromatic nitrogens is 2. The quantitative estimate of drug-likeness (QED) is 0.859. The van der Waals surface area contributed by atoms with Crippen molar-refractivity contribution in [2.24, 2.45) is 11.7 Å². The predicted octanol–water partition coefficient (Wildman–Crippen LogP) is 2.95. The van der Waals surface area contributed by atoms with Crippen LogP contribution in [0.25, 0.3) is 5.69 Å². The van der Waals surface area contributed by atoms with Gasteiger partial charge in [-0.05, 0) is 28.4 Å². The fourth-order valence-corrected chi connectivity index (χ4v) is 2.84. The number of nitrogens with two attached hydrogens (primary N) is 1. The van der Waals surface area contributed by atoms with Crippen LogP contribution in [0.4, 0.5) is 8.78 Å². The standard InChI is InChI=1S/C14H14BrF2N3O/c15-9-3-11(17)12(4-10(9)16)20-7-19-5-13(20)14(18)8-1-2-21-6-8/h3-5,7-8,14H,1-2,6,18H2. The largest absolute Gasteiger partial charge is 0.381 e. The maximum Gasteiger partial charge on any atom is 0.148 e. The van der Waals surface area contributed by atoms with Gasteiger partial charge in [-0.2, -0.15) is 0 Å². The minimum Gasteiger partial charge on any atom is -0.381 e. The summed E-state index contributed by atoms with van der Waals surface area (Å²) in [4.78, 5) is 4.03. The summed E-state index contributed by atoms with van der Waals surface area (Å²) in [6, 6.07) is 1.89. The Bertz CT molecular complexity index is 656. The van der Waals surface area contributed by atoms with E-state index in [1.807, 2.05) is 0 Å². The van der Waals surface area contributed by atoms with Crippen molar-refractivity contribution in [1.29, 1.82) is 0 Å². The Hall–Kier alpha value is -1.31. The van der Waals surface area contributed by atoms with Gasteiger partial charge in [0.1, 0.15) is 11.6 Å². The highest BCUT2D eigenvalue weighted by atomic mass is 79.9. The van der Waals surface area contributed by atoms with E-state index in [-0.39, 0.29) is 22.1 Å². The van der Waals surface area contributed by atoms with Crippen LogP contribution >= 0.6 is 15.9 Å². The van der Waals surface area contributed by atoms with E-state index >= 15 is 0 Å². The fraction of sp³-hybridized carbons (Fsp3) is 0.357. The van der Waals surface area contributed by atoms with Crippen molar-refractivity contribution in [3.63, 3.8) is 0 Å². The average molecular weight is 358 g/mol. The maximum atomic E-state index is 14.1. The van der Waals surface area contributed by atoms with Crippen LogP contribution in [0.3, 0.4) is 0 Å². The third-order valence-electron chi connectivity index (χ3n) is 3.73. The number of hydrogen-bond acceptors (Lipinski definition) is 3. The Kier molecular flexibility index (Phi) is 4.05. The Morgan fingerprint density at radius 1 is 1.38 bits per heavy atom. The molecule has 2 unspecified atom stereocenters. The van der Waals surface area contributed by atoms with Crippen LogP contribution in [0.5, 0.6) is 0 Å². The molecule has 0 aliphatic carbocycles. The lowest BCUT2D eigenvalue weighted by molar-refractivity contribution is 0.180. The highest BCUT2D eigenvalue weighted by Crippen LogP contribution is 2.30. The summed E-state index contributed by atoms with van der Waals surface area (Å²) in [5, 5.41) is 0. The van der Waals surface area contributed by atoms with Crippen LogP contribution in [0.2, 0.25) is 0 Å². The van der Waals surface area contributed by atoms with Gasteiger partial charge >= 0.3 is 0 Å². The average Bonchev–Trinajstić information content (AvgIpc) is 3.12. The van der Waals surface area contributed by atoms with Crippen LogP contribution in [-0.4, -0.2) is 22.8 Å². The van der Waals surface area contributed by atoms with E-state index in [2.05, 4.69) is 20.9 Å². The number of rotatable bonds is 3. The molecule has 0 amide bonds. The van der Waals surface area contributed by atoms with Crippen molar-refractivity contribution in [2.45, 2.75) is 12.5 Å². The van der Waals surface area contributed by atoms with Crippen LogP contribution in [0, 0.1) is 17.6 Å². The van der Waals surface area contributed by atoms with Gasteiger partial charge in [0.05, 0.1) is 41.0 Å². The number of imidazole rings is 1. The van der Waals surface area contributed by atoms with Gasteiger partial charge < -0.3 is 10.5 Å². The molecule has 3 rings (SSSR count). The molecule has 0 bridgehead atoms. The number of nitrogens with zero attached hydrogens (tertiary/aromatic N) is 2. The van der Waals surface area contributed by atoms with Crippen molar-refractivity contribution in [3.8, 4) is 5.69 Å². The first-order chi connectivity index (χ1) is 10.1. The molecule has 2 atom stereocenters. The zero-order chi connectivity index (χ0) is 15.0. The van der Waals surface area contributed by atoms with Gasteiger partial charge in [0.25, 0.3) is 0 Å². The summed E-state index contributed by atoms with van der Waals surface area (Å²) in [5.74, 6) is -0.926. The molecule has 112 valence electrons. The molecular formula is C14H14BrF2N3O. The molecule has 1 aliphatic rings. The monoisotopic (exact) mass is 357 g/mol. The summed E-state index contributed by atoms with van der Waals surface area (Å²) in [6.07, 6.45) is 3.88. The molecule has 1 aromatic carbocycles. The molecule has 1 aromatic heterocycles. The first-order valence-electron chi connectivity index (χ1n) is 6.58. The van der Waals surface area contributed by atoms with Gasteiger partial charge in [-0.1, -0.05) is 0 Å². The summed E-state index contributed by atoms with van der Waals surface area (Å²) >= 11 is 2.96. The van der Waals surface area contributed by atoms with Crippen molar-refractivity contribution in [1.82, 2.24) is 9.55 Å². The molecule has 1 aliphatic heterocycles. The molecule has 21 heavy (non-hydrogen) atoms. The Morgan fingerprint density at radius 2 is 2.19 bits per heavy atom. The maximum absolute atomic E-state index is 14.1. The van der Waals surface area contributed by atoms with Crippen molar-refractivity contribution in [2.75, 3.05) is 13.2 Å². The first kappa shape index (κ1) is 14.6. The van der Waals surface area contributed by atoms with Gasteiger partial charge in [-0.25, -0.2) is 13.8 Å². The summed E-state index contributed by atoms with van der Waals surface area (Å²) in [7, 11) is 0. The second-order valence-corrected chi connectivity index (χ2v) is 5.91. The molecule has 2 heterocycles. The van der Waals surface area contributed by atoms with E-state index in [0.29, 0.717) is 18.9 Å². The third kappa shape index (κ3) is 2.73. The van der Waals surface area contributed by atoms with Crippen LogP contribution in [0.15, 0.2) is 29.1 Å². The molecule has 0 radical (unpaired) electrons. The molecule has 4 nitrogen and oxygen atoms in total. The first-order valence-corrected chi connectivity index (χ1v) is 7.37. The molecule has 7 heteroatoms. The number of halogens is 3. The van der Waals surface area contributed by atoms with Crippen molar-refractivity contribution >= 4 is 15.9 Å². The molecule has 0 spiro atoms. The highest BCUT2D eigenvalue weighted by molar-refractivity contribution is 9.10. The molecule has 1 fully saturated rings. The van der Waals surface area contributed by atoms with E-state index in [1.165, 1.54) is 10.9 Å². The number of ether oxygens (including phenoxy) is 1. The lowest BCUT2D eigenvalue weighted by atomic mass is 9.97. The molecular weight excluding hydrogens is 344 g/mol. The van der Waals surface area contributed by atoms with Gasteiger partial charge in [-0.3, -0.25) is 4.57 Å². The van der Waals surface area contributed by atoms with Gasteiger partial charge in [0, 0.05) is 18.6 Å². The smallest absolute Gasteiger partial charge is 0.148 e. The zero-order valence-electron chi connectivity index (χ0n) is 11.1. The molecule has 2 N–H and O–H groups in total. The zero-order valence-corrected chi connectivity index (χ0v) is 12.7. The van der Waals surface area contributed by atoms with E-state index in [0.717, 1.165) is 18.6 Å². The minimum absolute atomic E-state index is 0.0823. The Balaban J connectivity index is 2.00. The lowest BCUT2D eigenvalue weighted by Crippen LogP contribution is -2.24. The Labute approximate surface area is 129 Å². The second-order valence-electron chi connectivity index (χ2n) is 5.06. The van der Waals surface area contributed by atoms with Gasteiger partial charge in [-0.15, -0.1) is 0 Å². The number of hydrogen-bond donors (Lipinski definition) is 1. The summed E-state index contributed by atoms with van der Waals surface area (Å²) in [6.45, 7) is 1.25. The Morgan fingerprint density at radius 3 is 2.90 bits per heavy atom. The van der Waals surface area contributed by atoms with E-state index in [4.69, 9.17) is 10.5 Å². The van der Waals surface area contributed by atoms with Crippen LogP contribution < -0.4 is 5.73 Å². The van der Waals surface area contributed by atoms with Gasteiger partial charge in [0.2, 0.25) is 0 Å². The summed E-state index contributed by atoms with van der Waals surface area (Å²) < 4.78 is 34.7. The van der Waals surface area contributed by atoms with Crippen molar-refractivity contribution < 1.29 is 13.5 Å². The number of benzene rings is 1. The molecule has 1 saturated heterocycles. The third-order valence-corrected chi connectivity index (χ3v) is 4.34. The minimum atomic E-state index is -0.544. The van der Waals surface area contributed by atoms with Crippen molar-refractivity contribution in [3.05, 3.63) is 46.5 Å². The lowest BCUT2D eigenvalue weighted by Gasteiger charge is -2.19. The second kappa shape index (κ2) is 5.82.